The third kappa shape index (κ3) is 2.06. The van der Waals surface area contributed by atoms with Crippen LogP contribution in [0.3, 0.4) is 0 Å². The number of rotatable bonds is 1. The quantitative estimate of drug-likeness (QED) is 0.721. The zero-order valence-corrected chi connectivity index (χ0v) is 8.69. The summed E-state index contributed by atoms with van der Waals surface area (Å²) in [5.41, 5.74) is 0. The van der Waals surface area contributed by atoms with Crippen molar-refractivity contribution in [2.24, 2.45) is 0 Å². The fraction of sp³-hybridized carbons (Fsp3) is 0. The Labute approximate surface area is 81.5 Å². The summed E-state index contributed by atoms with van der Waals surface area (Å²) in [5, 5.41) is 0.675. The van der Waals surface area contributed by atoms with Crippen molar-refractivity contribution in [1.29, 1.82) is 0 Å². The van der Waals surface area contributed by atoms with Crippen molar-refractivity contribution in [2.45, 2.75) is 4.90 Å². The van der Waals surface area contributed by atoms with Crippen molar-refractivity contribution in [3.05, 3.63) is 27.7 Å². The van der Waals surface area contributed by atoms with E-state index in [9.17, 15) is 0 Å². The SMILES string of the molecule is ClSc1ccc(Br)cc1Cl. The Bertz CT molecular complexity index is 239. The van der Waals surface area contributed by atoms with Gasteiger partial charge in [0.15, 0.2) is 0 Å². The Morgan fingerprint density at radius 1 is 1.40 bits per heavy atom. The fourth-order valence-corrected chi connectivity index (χ4v) is 2.10. The number of benzene rings is 1. The molecule has 10 heavy (non-hydrogen) atoms. The average Bonchev–Trinajstić information content (AvgIpc) is 1.88. The van der Waals surface area contributed by atoms with E-state index < -0.39 is 0 Å². The summed E-state index contributed by atoms with van der Waals surface area (Å²) in [6, 6.07) is 5.58. The molecule has 0 aromatic heterocycles. The van der Waals surface area contributed by atoms with Crippen molar-refractivity contribution in [1.82, 2.24) is 0 Å². The summed E-state index contributed by atoms with van der Waals surface area (Å²) in [6.07, 6.45) is 0. The summed E-state index contributed by atoms with van der Waals surface area (Å²) in [5.74, 6) is 0. The molecular formula is C6H3BrCl2S. The first-order chi connectivity index (χ1) is 4.74. The molecule has 0 heterocycles. The van der Waals surface area contributed by atoms with E-state index in [-0.39, 0.29) is 0 Å². The van der Waals surface area contributed by atoms with Crippen LogP contribution in [-0.4, -0.2) is 0 Å². The van der Waals surface area contributed by atoms with Crippen LogP contribution in [-0.2, 0) is 0 Å². The molecule has 0 aliphatic heterocycles. The summed E-state index contributed by atoms with van der Waals surface area (Å²) >= 11 is 9.08. The molecule has 0 radical (unpaired) electrons. The first-order valence-electron chi connectivity index (χ1n) is 2.47. The van der Waals surface area contributed by atoms with E-state index in [1.54, 1.807) is 0 Å². The van der Waals surface area contributed by atoms with Crippen LogP contribution < -0.4 is 0 Å². The van der Waals surface area contributed by atoms with Crippen molar-refractivity contribution in [3.8, 4) is 0 Å². The van der Waals surface area contributed by atoms with Crippen LogP contribution in [0, 0.1) is 0 Å². The molecule has 54 valence electrons. The van der Waals surface area contributed by atoms with Gasteiger partial charge in [0.05, 0.1) is 5.02 Å². The minimum absolute atomic E-state index is 0.675. The second kappa shape index (κ2) is 3.86. The first-order valence-corrected chi connectivity index (χ1v) is 5.29. The third-order valence-electron chi connectivity index (χ3n) is 0.977. The minimum Gasteiger partial charge on any atom is -0.0830 e. The van der Waals surface area contributed by atoms with Crippen LogP contribution in [0.2, 0.25) is 5.02 Å². The van der Waals surface area contributed by atoms with Gasteiger partial charge in [0.2, 0.25) is 0 Å². The Balaban J connectivity index is 3.07. The number of hydrogen-bond acceptors (Lipinski definition) is 1. The standard InChI is InChI=1S/C6H3BrCl2S/c7-4-1-2-6(10-9)5(8)3-4/h1-3H. The Kier molecular flexibility index (Phi) is 3.37. The van der Waals surface area contributed by atoms with Gasteiger partial charge in [-0.05, 0) is 39.9 Å². The van der Waals surface area contributed by atoms with Gasteiger partial charge in [0.25, 0.3) is 0 Å². The second-order valence-electron chi connectivity index (χ2n) is 1.65. The molecule has 0 bridgehead atoms. The van der Waals surface area contributed by atoms with Gasteiger partial charge < -0.3 is 0 Å². The van der Waals surface area contributed by atoms with Gasteiger partial charge in [-0.15, -0.1) is 0 Å². The van der Waals surface area contributed by atoms with Crippen LogP contribution in [0.15, 0.2) is 27.6 Å². The molecule has 0 nitrogen and oxygen atoms in total. The lowest BCUT2D eigenvalue weighted by atomic mass is 10.4. The second-order valence-corrected chi connectivity index (χ2v) is 4.03. The van der Waals surface area contributed by atoms with E-state index >= 15 is 0 Å². The Morgan fingerprint density at radius 2 is 2.10 bits per heavy atom. The van der Waals surface area contributed by atoms with E-state index in [0.29, 0.717) is 5.02 Å². The lowest BCUT2D eigenvalue weighted by molar-refractivity contribution is 1.45. The van der Waals surface area contributed by atoms with Crippen molar-refractivity contribution in [3.63, 3.8) is 0 Å². The molecule has 0 spiro atoms. The maximum absolute atomic E-state index is 5.79. The van der Waals surface area contributed by atoms with Crippen LogP contribution in [0.1, 0.15) is 0 Å². The predicted octanol–water partition coefficient (Wildman–Crippen LogP) is 4.35. The molecule has 4 heteroatoms. The lowest BCUT2D eigenvalue weighted by Gasteiger charge is -1.96. The molecule has 0 amide bonds. The largest absolute Gasteiger partial charge is 0.0830 e. The van der Waals surface area contributed by atoms with Crippen molar-refractivity contribution >= 4 is 49.2 Å². The molecule has 0 unspecified atom stereocenters. The van der Waals surface area contributed by atoms with E-state index in [4.69, 9.17) is 22.3 Å². The van der Waals surface area contributed by atoms with Gasteiger partial charge in [-0.3, -0.25) is 0 Å². The smallest absolute Gasteiger partial charge is 0.0565 e. The van der Waals surface area contributed by atoms with Crippen LogP contribution in [0.5, 0.6) is 0 Å². The first kappa shape index (κ1) is 8.72. The molecular weight excluding hydrogens is 255 g/mol. The fourth-order valence-electron chi connectivity index (χ4n) is 0.538. The molecule has 0 aliphatic rings. The third-order valence-corrected chi connectivity index (χ3v) is 2.92. The molecule has 1 aromatic rings. The zero-order chi connectivity index (χ0) is 7.56. The highest BCUT2D eigenvalue weighted by Gasteiger charge is 1.98. The van der Waals surface area contributed by atoms with Crippen molar-refractivity contribution in [2.75, 3.05) is 0 Å². The lowest BCUT2D eigenvalue weighted by Crippen LogP contribution is -1.69. The van der Waals surface area contributed by atoms with E-state index in [1.165, 1.54) is 0 Å². The number of hydrogen-bond donors (Lipinski definition) is 0. The highest BCUT2D eigenvalue weighted by Crippen LogP contribution is 2.31. The summed E-state index contributed by atoms with van der Waals surface area (Å²) in [4.78, 5) is 0.881. The number of halogens is 3. The van der Waals surface area contributed by atoms with Gasteiger partial charge in [-0.2, -0.15) is 0 Å². The Morgan fingerprint density at radius 3 is 2.60 bits per heavy atom. The van der Waals surface area contributed by atoms with Gasteiger partial charge in [0, 0.05) is 9.37 Å². The highest BCUT2D eigenvalue weighted by atomic mass is 79.9. The molecule has 0 saturated carbocycles. The van der Waals surface area contributed by atoms with Gasteiger partial charge >= 0.3 is 0 Å². The van der Waals surface area contributed by atoms with Crippen molar-refractivity contribution < 1.29 is 0 Å². The van der Waals surface area contributed by atoms with Crippen LogP contribution in [0.25, 0.3) is 0 Å². The average molecular weight is 258 g/mol. The maximum atomic E-state index is 5.79. The molecule has 0 saturated heterocycles. The summed E-state index contributed by atoms with van der Waals surface area (Å²) < 4.78 is 0.965. The van der Waals surface area contributed by atoms with E-state index in [0.717, 1.165) is 20.3 Å². The minimum atomic E-state index is 0.675. The van der Waals surface area contributed by atoms with E-state index in [2.05, 4.69) is 15.9 Å². The van der Waals surface area contributed by atoms with Crippen LogP contribution in [0.4, 0.5) is 0 Å². The molecule has 0 N–H and O–H groups in total. The van der Waals surface area contributed by atoms with Gasteiger partial charge in [-0.25, -0.2) is 0 Å². The summed E-state index contributed by atoms with van der Waals surface area (Å²) in [7, 11) is 6.63. The molecule has 0 fully saturated rings. The van der Waals surface area contributed by atoms with Gasteiger partial charge in [-0.1, -0.05) is 27.5 Å². The highest BCUT2D eigenvalue weighted by molar-refractivity contribution is 9.10. The molecule has 1 aromatic carbocycles. The molecule has 0 atom stereocenters. The monoisotopic (exact) mass is 256 g/mol. The molecule has 0 aliphatic carbocycles. The predicted molar refractivity (Wildman–Crippen MR) is 50.9 cm³/mol. The Hall–Kier alpha value is 0.630. The van der Waals surface area contributed by atoms with Crippen LogP contribution >= 0.6 is 49.2 Å². The summed E-state index contributed by atoms with van der Waals surface area (Å²) in [6.45, 7) is 0. The molecule has 1 rings (SSSR count). The normalized spacial score (nSPS) is 9.90. The maximum Gasteiger partial charge on any atom is 0.0565 e. The van der Waals surface area contributed by atoms with Gasteiger partial charge in [0.1, 0.15) is 0 Å². The van der Waals surface area contributed by atoms with E-state index in [1.807, 2.05) is 18.2 Å². The topological polar surface area (TPSA) is 0 Å². The zero-order valence-electron chi connectivity index (χ0n) is 4.77.